The Labute approximate surface area is 118 Å². The van der Waals surface area contributed by atoms with Gasteiger partial charge in [0.2, 0.25) is 5.91 Å². The predicted molar refractivity (Wildman–Crippen MR) is 78.6 cm³/mol. The Morgan fingerprint density at radius 3 is 3.11 bits per heavy atom. The highest BCUT2D eigenvalue weighted by Crippen LogP contribution is 2.21. The van der Waals surface area contributed by atoms with Gasteiger partial charge in [-0.15, -0.1) is 11.3 Å². The van der Waals surface area contributed by atoms with Gasteiger partial charge in [0.25, 0.3) is 0 Å². The number of piperazine rings is 1. The summed E-state index contributed by atoms with van der Waals surface area (Å²) >= 11 is 1.55. The second kappa shape index (κ2) is 6.45. The second-order valence-corrected chi connectivity index (χ2v) is 5.81. The van der Waals surface area contributed by atoms with Crippen LogP contribution in [-0.4, -0.2) is 48.0 Å². The summed E-state index contributed by atoms with van der Waals surface area (Å²) in [6, 6.07) is 0.538. The molecule has 1 fully saturated rings. The number of thiazole rings is 1. The van der Waals surface area contributed by atoms with Crippen molar-refractivity contribution in [2.24, 2.45) is 0 Å². The van der Waals surface area contributed by atoms with Crippen molar-refractivity contribution in [1.29, 1.82) is 0 Å². The average Bonchev–Trinajstić information content (AvgIpc) is 2.78. The predicted octanol–water partition coefficient (Wildman–Crippen LogP) is 1.31. The first-order valence-corrected chi connectivity index (χ1v) is 7.66. The summed E-state index contributed by atoms with van der Waals surface area (Å²) in [6.45, 7) is 10.5. The summed E-state index contributed by atoms with van der Waals surface area (Å²) in [4.78, 5) is 20.2. The van der Waals surface area contributed by atoms with Crippen LogP contribution in [0.4, 0.5) is 5.13 Å². The van der Waals surface area contributed by atoms with Crippen LogP contribution in [-0.2, 0) is 11.3 Å². The van der Waals surface area contributed by atoms with Gasteiger partial charge in [-0.25, -0.2) is 4.98 Å². The first-order valence-electron chi connectivity index (χ1n) is 6.78. The third-order valence-corrected chi connectivity index (χ3v) is 4.22. The van der Waals surface area contributed by atoms with Crippen molar-refractivity contribution >= 4 is 22.4 Å². The lowest BCUT2D eigenvalue weighted by Crippen LogP contribution is -2.48. The monoisotopic (exact) mass is 282 g/mol. The van der Waals surface area contributed by atoms with E-state index < -0.39 is 0 Å². The number of nitrogens with one attached hydrogen (secondary N) is 1. The fraction of sp³-hybridized carbons (Fsp3) is 0.692. The Bertz CT molecular complexity index is 434. The van der Waals surface area contributed by atoms with Gasteiger partial charge in [-0.1, -0.05) is 0 Å². The molecule has 19 heavy (non-hydrogen) atoms. The highest BCUT2D eigenvalue weighted by Gasteiger charge is 2.18. The van der Waals surface area contributed by atoms with Crippen LogP contribution in [0.2, 0.25) is 0 Å². The Kier molecular flexibility index (Phi) is 4.90. The molecule has 1 aromatic heterocycles. The number of hydrogen-bond donors (Lipinski definition) is 1. The van der Waals surface area contributed by atoms with Crippen LogP contribution in [0.25, 0.3) is 0 Å². The molecule has 0 saturated carbocycles. The minimum atomic E-state index is 0.0548. The number of aromatic nitrogens is 1. The number of carbonyl (C=O) groups excluding carboxylic acids is 1. The lowest BCUT2D eigenvalue weighted by Gasteiger charge is -2.31. The topological polar surface area (TPSA) is 48.5 Å². The van der Waals surface area contributed by atoms with Crippen molar-refractivity contribution in [1.82, 2.24) is 15.2 Å². The summed E-state index contributed by atoms with van der Waals surface area (Å²) in [5, 5.41) is 6.31. The highest BCUT2D eigenvalue weighted by molar-refractivity contribution is 7.14. The number of carbonyl (C=O) groups is 1. The number of hydrogen-bond acceptors (Lipinski definition) is 5. The van der Waals surface area contributed by atoms with E-state index in [0.29, 0.717) is 12.6 Å². The summed E-state index contributed by atoms with van der Waals surface area (Å²) in [5.74, 6) is 0.0548. The maximum atomic E-state index is 11.5. The first-order chi connectivity index (χ1) is 9.10. The van der Waals surface area contributed by atoms with E-state index in [1.54, 1.807) is 23.2 Å². The molecule has 2 heterocycles. The molecule has 0 aliphatic carbocycles. The van der Waals surface area contributed by atoms with Crippen molar-refractivity contribution < 1.29 is 4.79 Å². The molecule has 5 nitrogen and oxygen atoms in total. The average molecular weight is 282 g/mol. The van der Waals surface area contributed by atoms with E-state index in [4.69, 9.17) is 0 Å². The van der Waals surface area contributed by atoms with Gasteiger partial charge in [0, 0.05) is 51.1 Å². The number of amides is 1. The van der Waals surface area contributed by atoms with Gasteiger partial charge in [-0.2, -0.15) is 0 Å². The van der Waals surface area contributed by atoms with Crippen LogP contribution in [0.3, 0.4) is 0 Å². The van der Waals surface area contributed by atoms with Crippen molar-refractivity contribution in [2.45, 2.75) is 33.4 Å². The Hall–Kier alpha value is -0.980. The molecule has 106 valence electrons. The fourth-order valence-electron chi connectivity index (χ4n) is 2.37. The molecule has 0 unspecified atom stereocenters. The largest absolute Gasteiger partial charge is 0.312 e. The van der Waals surface area contributed by atoms with Gasteiger partial charge < -0.3 is 5.32 Å². The highest BCUT2D eigenvalue weighted by atomic mass is 32.1. The van der Waals surface area contributed by atoms with Crippen LogP contribution in [0, 0.1) is 0 Å². The van der Waals surface area contributed by atoms with Gasteiger partial charge >= 0.3 is 0 Å². The van der Waals surface area contributed by atoms with Crippen molar-refractivity contribution in [3.63, 3.8) is 0 Å². The van der Waals surface area contributed by atoms with Crippen LogP contribution in [0.15, 0.2) is 5.38 Å². The van der Waals surface area contributed by atoms with E-state index in [9.17, 15) is 4.79 Å². The summed E-state index contributed by atoms with van der Waals surface area (Å²) in [5.41, 5.74) is 1.06. The van der Waals surface area contributed by atoms with E-state index in [1.807, 2.05) is 6.92 Å². The van der Waals surface area contributed by atoms with Crippen molar-refractivity contribution in [3.8, 4) is 0 Å². The van der Waals surface area contributed by atoms with Crippen LogP contribution in [0.5, 0.6) is 0 Å². The van der Waals surface area contributed by atoms with Crippen LogP contribution >= 0.6 is 11.3 Å². The molecule has 0 aromatic carbocycles. The van der Waals surface area contributed by atoms with Gasteiger partial charge in [-0.3, -0.25) is 14.6 Å². The molecule has 1 atom stereocenters. The Morgan fingerprint density at radius 2 is 2.47 bits per heavy atom. The molecule has 0 spiro atoms. The SMILES string of the molecule is CCN(C(C)=O)c1nc(CN2CCN[C@@H](C)C2)cs1. The lowest BCUT2D eigenvalue weighted by atomic mass is 10.2. The maximum Gasteiger partial charge on any atom is 0.225 e. The van der Waals surface area contributed by atoms with E-state index in [1.165, 1.54) is 0 Å². The number of anilines is 1. The summed E-state index contributed by atoms with van der Waals surface area (Å²) in [7, 11) is 0. The molecule has 1 amide bonds. The molecule has 0 radical (unpaired) electrons. The molecule has 1 N–H and O–H groups in total. The van der Waals surface area contributed by atoms with E-state index in [0.717, 1.165) is 37.0 Å². The molecule has 1 aliphatic heterocycles. The maximum absolute atomic E-state index is 11.5. The minimum Gasteiger partial charge on any atom is -0.312 e. The number of nitrogens with zero attached hydrogens (tertiary/aromatic N) is 3. The van der Waals surface area contributed by atoms with Crippen molar-refractivity contribution in [2.75, 3.05) is 31.1 Å². The number of rotatable bonds is 4. The fourth-order valence-corrected chi connectivity index (χ4v) is 3.29. The quantitative estimate of drug-likeness (QED) is 0.904. The zero-order valence-corrected chi connectivity index (χ0v) is 12.7. The van der Waals surface area contributed by atoms with Crippen LogP contribution < -0.4 is 10.2 Å². The molecule has 6 heteroatoms. The van der Waals surface area contributed by atoms with E-state index in [2.05, 4.69) is 27.5 Å². The molecule has 1 aromatic rings. The minimum absolute atomic E-state index is 0.0548. The molecule has 2 rings (SSSR count). The third-order valence-electron chi connectivity index (χ3n) is 3.31. The molecule has 0 bridgehead atoms. The first kappa shape index (κ1) is 14.4. The lowest BCUT2D eigenvalue weighted by molar-refractivity contribution is -0.116. The van der Waals surface area contributed by atoms with Gasteiger partial charge in [0.15, 0.2) is 5.13 Å². The molecular weight excluding hydrogens is 260 g/mol. The van der Waals surface area contributed by atoms with Crippen molar-refractivity contribution in [3.05, 3.63) is 11.1 Å². The molecule has 1 aliphatic rings. The van der Waals surface area contributed by atoms with Gasteiger partial charge in [-0.05, 0) is 13.8 Å². The Balaban J connectivity index is 1.98. The normalized spacial score (nSPS) is 20.5. The smallest absolute Gasteiger partial charge is 0.225 e. The second-order valence-electron chi connectivity index (χ2n) is 4.97. The zero-order chi connectivity index (χ0) is 13.8. The molecule has 1 saturated heterocycles. The summed E-state index contributed by atoms with van der Waals surface area (Å²) < 4.78 is 0. The third kappa shape index (κ3) is 3.75. The van der Waals surface area contributed by atoms with Gasteiger partial charge in [0.1, 0.15) is 0 Å². The molecular formula is C13H22N4OS. The summed E-state index contributed by atoms with van der Waals surface area (Å²) in [6.07, 6.45) is 0. The van der Waals surface area contributed by atoms with Gasteiger partial charge in [0.05, 0.1) is 5.69 Å². The Morgan fingerprint density at radius 1 is 1.68 bits per heavy atom. The van der Waals surface area contributed by atoms with E-state index >= 15 is 0 Å². The standard InChI is InChI=1S/C13H22N4OS/c1-4-17(11(3)18)13-15-12(9-19-13)8-16-6-5-14-10(2)7-16/h9-10,14H,4-8H2,1-3H3/t10-/m0/s1. The van der Waals surface area contributed by atoms with E-state index in [-0.39, 0.29) is 5.91 Å². The van der Waals surface area contributed by atoms with Crippen LogP contribution in [0.1, 0.15) is 26.5 Å². The zero-order valence-electron chi connectivity index (χ0n) is 11.8.